The van der Waals surface area contributed by atoms with Gasteiger partial charge in [0.2, 0.25) is 0 Å². The standard InChI is InChI=1S/C13H21N3O/c1-4-10(5-2)16(3)12-7-6-9(14)8-11(12)13(15)17/h6-8,10H,4-5,14H2,1-3H3,(H2,15,17). The van der Waals surface area contributed by atoms with Crippen LogP contribution in [-0.4, -0.2) is 19.0 Å². The van der Waals surface area contributed by atoms with Crippen LogP contribution in [0.5, 0.6) is 0 Å². The molecule has 1 aromatic rings. The zero-order valence-corrected chi connectivity index (χ0v) is 10.7. The second kappa shape index (κ2) is 5.57. The first-order valence-electron chi connectivity index (χ1n) is 5.93. The number of nitrogen functional groups attached to an aromatic ring is 1. The van der Waals surface area contributed by atoms with Crippen LogP contribution in [0.25, 0.3) is 0 Å². The Hall–Kier alpha value is -1.71. The number of primary amides is 1. The molecule has 0 saturated carbocycles. The van der Waals surface area contributed by atoms with Crippen molar-refractivity contribution >= 4 is 17.3 Å². The van der Waals surface area contributed by atoms with Gasteiger partial charge in [0.15, 0.2) is 0 Å². The van der Waals surface area contributed by atoms with Crippen LogP contribution in [0, 0.1) is 0 Å². The Morgan fingerprint density at radius 2 is 1.94 bits per heavy atom. The van der Waals surface area contributed by atoms with Crippen molar-refractivity contribution in [1.82, 2.24) is 0 Å². The van der Waals surface area contributed by atoms with Crippen molar-refractivity contribution in [3.05, 3.63) is 23.8 Å². The van der Waals surface area contributed by atoms with Crippen molar-refractivity contribution in [2.75, 3.05) is 17.7 Å². The summed E-state index contributed by atoms with van der Waals surface area (Å²) in [7, 11) is 1.98. The fraction of sp³-hybridized carbons (Fsp3) is 0.462. The van der Waals surface area contributed by atoms with Crippen molar-refractivity contribution in [1.29, 1.82) is 0 Å². The highest BCUT2D eigenvalue weighted by molar-refractivity contribution is 5.99. The second-order valence-electron chi connectivity index (χ2n) is 4.22. The zero-order chi connectivity index (χ0) is 13.0. The van der Waals surface area contributed by atoms with Gasteiger partial charge < -0.3 is 16.4 Å². The van der Waals surface area contributed by atoms with Crippen LogP contribution in [0.4, 0.5) is 11.4 Å². The fourth-order valence-electron chi connectivity index (χ4n) is 2.09. The topological polar surface area (TPSA) is 72.3 Å². The predicted molar refractivity (Wildman–Crippen MR) is 72.1 cm³/mol. The summed E-state index contributed by atoms with van der Waals surface area (Å²) in [6.45, 7) is 4.26. The average Bonchev–Trinajstić information content (AvgIpc) is 2.30. The Labute approximate surface area is 103 Å². The van der Waals surface area contributed by atoms with Gasteiger partial charge in [0.25, 0.3) is 5.91 Å². The van der Waals surface area contributed by atoms with Crippen LogP contribution in [0.1, 0.15) is 37.0 Å². The lowest BCUT2D eigenvalue weighted by Gasteiger charge is -2.29. The van der Waals surface area contributed by atoms with E-state index in [0.29, 0.717) is 17.3 Å². The number of hydrogen-bond donors (Lipinski definition) is 2. The van der Waals surface area contributed by atoms with Crippen LogP contribution < -0.4 is 16.4 Å². The predicted octanol–water partition coefficient (Wildman–Crippen LogP) is 1.99. The first-order valence-corrected chi connectivity index (χ1v) is 5.93. The third kappa shape index (κ3) is 2.90. The normalized spacial score (nSPS) is 10.6. The van der Waals surface area contributed by atoms with E-state index in [2.05, 4.69) is 18.7 Å². The lowest BCUT2D eigenvalue weighted by Crippen LogP contribution is -2.32. The summed E-state index contributed by atoms with van der Waals surface area (Å²) in [6.07, 6.45) is 2.05. The molecular weight excluding hydrogens is 214 g/mol. The van der Waals surface area contributed by atoms with Gasteiger partial charge in [0.1, 0.15) is 0 Å². The number of hydrogen-bond acceptors (Lipinski definition) is 3. The Bertz CT molecular complexity index is 400. The van der Waals surface area contributed by atoms with E-state index in [9.17, 15) is 4.79 Å². The minimum atomic E-state index is -0.440. The summed E-state index contributed by atoms with van der Waals surface area (Å²) in [5.41, 5.74) is 13.0. The van der Waals surface area contributed by atoms with E-state index in [1.807, 2.05) is 13.1 Å². The van der Waals surface area contributed by atoms with Crippen LogP contribution in [0.2, 0.25) is 0 Å². The smallest absolute Gasteiger partial charge is 0.250 e. The fourth-order valence-corrected chi connectivity index (χ4v) is 2.09. The summed E-state index contributed by atoms with van der Waals surface area (Å²) >= 11 is 0. The average molecular weight is 235 g/mol. The van der Waals surface area contributed by atoms with Gasteiger partial charge in [0, 0.05) is 24.5 Å². The van der Waals surface area contributed by atoms with E-state index in [-0.39, 0.29) is 0 Å². The van der Waals surface area contributed by atoms with Gasteiger partial charge >= 0.3 is 0 Å². The van der Waals surface area contributed by atoms with Gasteiger partial charge in [-0.15, -0.1) is 0 Å². The van der Waals surface area contributed by atoms with Gasteiger partial charge in [-0.1, -0.05) is 13.8 Å². The molecule has 4 nitrogen and oxygen atoms in total. The summed E-state index contributed by atoms with van der Waals surface area (Å²) < 4.78 is 0. The second-order valence-corrected chi connectivity index (χ2v) is 4.22. The maximum atomic E-state index is 11.4. The van der Waals surface area contributed by atoms with Gasteiger partial charge in [-0.05, 0) is 31.0 Å². The van der Waals surface area contributed by atoms with Crippen LogP contribution in [-0.2, 0) is 0 Å². The Kier molecular flexibility index (Phi) is 4.37. The summed E-state index contributed by atoms with van der Waals surface area (Å²) in [5.74, 6) is -0.440. The lowest BCUT2D eigenvalue weighted by molar-refractivity contribution is 0.100. The molecule has 0 spiro atoms. The Morgan fingerprint density at radius 3 is 2.41 bits per heavy atom. The van der Waals surface area contributed by atoms with E-state index in [1.54, 1.807) is 12.1 Å². The van der Waals surface area contributed by atoms with E-state index in [0.717, 1.165) is 18.5 Å². The van der Waals surface area contributed by atoms with Crippen LogP contribution >= 0.6 is 0 Å². The molecule has 0 aromatic heterocycles. The number of anilines is 2. The molecule has 0 bridgehead atoms. The molecule has 1 aromatic carbocycles. The minimum absolute atomic E-state index is 0.400. The maximum Gasteiger partial charge on any atom is 0.250 e. The number of nitrogens with zero attached hydrogens (tertiary/aromatic N) is 1. The monoisotopic (exact) mass is 235 g/mol. The SMILES string of the molecule is CCC(CC)N(C)c1ccc(N)cc1C(N)=O. The summed E-state index contributed by atoms with van der Waals surface area (Å²) in [6, 6.07) is 5.68. The number of carbonyl (C=O) groups is 1. The number of benzene rings is 1. The molecule has 0 aliphatic rings. The van der Waals surface area contributed by atoms with Gasteiger partial charge in [-0.3, -0.25) is 4.79 Å². The lowest BCUT2D eigenvalue weighted by atomic mass is 10.1. The molecule has 0 aliphatic heterocycles. The van der Waals surface area contributed by atoms with E-state index >= 15 is 0 Å². The first kappa shape index (κ1) is 13.4. The Morgan fingerprint density at radius 1 is 1.35 bits per heavy atom. The highest BCUT2D eigenvalue weighted by Crippen LogP contribution is 2.25. The zero-order valence-electron chi connectivity index (χ0n) is 10.7. The Balaban J connectivity index is 3.16. The van der Waals surface area contributed by atoms with Gasteiger partial charge in [-0.2, -0.15) is 0 Å². The van der Waals surface area contributed by atoms with Crippen molar-refractivity contribution < 1.29 is 4.79 Å². The van der Waals surface area contributed by atoms with Gasteiger partial charge in [-0.25, -0.2) is 0 Å². The van der Waals surface area contributed by atoms with E-state index in [1.165, 1.54) is 0 Å². The van der Waals surface area contributed by atoms with Crippen LogP contribution in [0.15, 0.2) is 18.2 Å². The number of nitrogens with two attached hydrogens (primary N) is 2. The largest absolute Gasteiger partial charge is 0.399 e. The van der Waals surface area contributed by atoms with E-state index < -0.39 is 5.91 Å². The third-order valence-corrected chi connectivity index (χ3v) is 3.16. The molecule has 0 atom stereocenters. The highest BCUT2D eigenvalue weighted by atomic mass is 16.1. The molecule has 4 N–H and O–H groups in total. The molecule has 0 unspecified atom stereocenters. The summed E-state index contributed by atoms with van der Waals surface area (Å²) in [4.78, 5) is 13.5. The quantitative estimate of drug-likeness (QED) is 0.767. The molecule has 1 amide bonds. The minimum Gasteiger partial charge on any atom is -0.399 e. The molecular formula is C13H21N3O. The molecule has 0 aliphatic carbocycles. The molecule has 0 heterocycles. The molecule has 1 rings (SSSR count). The molecule has 17 heavy (non-hydrogen) atoms. The van der Waals surface area contributed by atoms with Gasteiger partial charge in [0.05, 0.1) is 5.56 Å². The van der Waals surface area contributed by atoms with E-state index in [4.69, 9.17) is 11.5 Å². The van der Waals surface area contributed by atoms with Crippen molar-refractivity contribution in [2.45, 2.75) is 32.7 Å². The van der Waals surface area contributed by atoms with Crippen molar-refractivity contribution in [3.63, 3.8) is 0 Å². The number of carbonyl (C=O) groups excluding carboxylic acids is 1. The molecule has 4 heteroatoms. The third-order valence-electron chi connectivity index (χ3n) is 3.16. The van der Waals surface area contributed by atoms with Crippen molar-refractivity contribution in [2.24, 2.45) is 5.73 Å². The molecule has 0 saturated heterocycles. The highest BCUT2D eigenvalue weighted by Gasteiger charge is 2.17. The van der Waals surface area contributed by atoms with Crippen molar-refractivity contribution in [3.8, 4) is 0 Å². The number of amides is 1. The summed E-state index contributed by atoms with van der Waals surface area (Å²) in [5, 5.41) is 0. The van der Waals surface area contributed by atoms with Crippen LogP contribution in [0.3, 0.4) is 0 Å². The molecule has 0 radical (unpaired) electrons. The maximum absolute atomic E-state index is 11.4. The molecule has 94 valence electrons. The molecule has 0 fully saturated rings. The number of rotatable bonds is 5. The first-order chi connectivity index (χ1) is 8.01.